The van der Waals surface area contributed by atoms with Gasteiger partial charge in [0.1, 0.15) is 12.3 Å². The maximum atomic E-state index is 12.3. The number of nitrogens with one attached hydrogen (secondary N) is 2. The van der Waals surface area contributed by atoms with Crippen molar-refractivity contribution in [3.05, 3.63) is 94.5 Å². The van der Waals surface area contributed by atoms with Crippen molar-refractivity contribution in [2.45, 2.75) is 6.54 Å². The van der Waals surface area contributed by atoms with E-state index in [0.29, 0.717) is 23.5 Å². The number of anilines is 1. The summed E-state index contributed by atoms with van der Waals surface area (Å²) in [5.74, 6) is -0.330. The molecule has 0 aromatic heterocycles. The summed E-state index contributed by atoms with van der Waals surface area (Å²) in [7, 11) is -3.67. The Labute approximate surface area is 218 Å². The smallest absolute Gasteiger partial charge is 0.260 e. The average molecular weight is 573 g/mol. The van der Waals surface area contributed by atoms with Crippen molar-refractivity contribution in [3.63, 3.8) is 0 Å². The van der Waals surface area contributed by atoms with Gasteiger partial charge in [-0.15, -0.1) is 0 Å². The topological polar surface area (TPSA) is 117 Å². The van der Waals surface area contributed by atoms with Crippen LogP contribution < -0.4 is 19.8 Å². The molecule has 188 valence electrons. The third-order valence-electron chi connectivity index (χ3n) is 4.79. The molecule has 2 N–H and O–H groups in total. The molecule has 11 heteroatoms. The quantitative estimate of drug-likeness (QED) is 0.270. The van der Waals surface area contributed by atoms with Gasteiger partial charge < -0.3 is 10.1 Å². The minimum absolute atomic E-state index is 0.120. The fourth-order valence-electron chi connectivity index (χ4n) is 3.00. The highest BCUT2D eigenvalue weighted by atomic mass is 79.9. The van der Waals surface area contributed by atoms with Gasteiger partial charge in [-0.1, -0.05) is 46.3 Å². The van der Waals surface area contributed by atoms with E-state index in [-0.39, 0.29) is 12.5 Å². The van der Waals surface area contributed by atoms with Gasteiger partial charge in [0.25, 0.3) is 11.8 Å². The van der Waals surface area contributed by atoms with Crippen LogP contribution in [0.5, 0.6) is 5.75 Å². The minimum atomic E-state index is -3.67. The second kappa shape index (κ2) is 12.8. The molecule has 0 atom stereocenters. The van der Waals surface area contributed by atoms with E-state index in [1.807, 2.05) is 30.3 Å². The van der Waals surface area contributed by atoms with E-state index in [1.165, 1.54) is 6.21 Å². The maximum Gasteiger partial charge on any atom is 0.260 e. The highest BCUT2D eigenvalue weighted by molar-refractivity contribution is 9.10. The molecule has 0 aliphatic heterocycles. The van der Waals surface area contributed by atoms with E-state index in [1.54, 1.807) is 48.5 Å². The second-order valence-electron chi connectivity index (χ2n) is 7.66. The molecule has 0 aliphatic rings. The van der Waals surface area contributed by atoms with Crippen molar-refractivity contribution in [3.8, 4) is 5.75 Å². The number of carbonyl (C=O) groups excluding carboxylic acids is 2. The Morgan fingerprint density at radius 1 is 0.972 bits per heavy atom. The maximum absolute atomic E-state index is 12.3. The molecule has 0 fully saturated rings. The molecule has 0 heterocycles. The van der Waals surface area contributed by atoms with Gasteiger partial charge in [0.2, 0.25) is 10.0 Å². The predicted octanol–water partition coefficient (Wildman–Crippen LogP) is 3.06. The van der Waals surface area contributed by atoms with Crippen LogP contribution in [0.25, 0.3) is 0 Å². The first-order valence-electron chi connectivity index (χ1n) is 10.8. The van der Waals surface area contributed by atoms with Gasteiger partial charge in [0.05, 0.1) is 18.2 Å². The van der Waals surface area contributed by atoms with Crippen LogP contribution in [0.3, 0.4) is 0 Å². The van der Waals surface area contributed by atoms with Crippen molar-refractivity contribution < 1.29 is 22.7 Å². The number of hydrazone groups is 1. The third-order valence-corrected chi connectivity index (χ3v) is 6.46. The molecule has 9 nitrogen and oxygen atoms in total. The summed E-state index contributed by atoms with van der Waals surface area (Å²) in [6, 6.07) is 22.9. The molecule has 0 unspecified atom stereocenters. The lowest BCUT2D eigenvalue weighted by atomic mass is 10.2. The van der Waals surface area contributed by atoms with E-state index in [4.69, 9.17) is 4.74 Å². The summed E-state index contributed by atoms with van der Waals surface area (Å²) in [5, 5.41) is 6.67. The number of halogens is 1. The van der Waals surface area contributed by atoms with E-state index >= 15 is 0 Å². The first-order valence-corrected chi connectivity index (χ1v) is 13.4. The van der Waals surface area contributed by atoms with Crippen LogP contribution in [0, 0.1) is 0 Å². The highest BCUT2D eigenvalue weighted by Gasteiger charge is 2.20. The Morgan fingerprint density at radius 2 is 1.64 bits per heavy atom. The van der Waals surface area contributed by atoms with Gasteiger partial charge in [-0.3, -0.25) is 13.9 Å². The third kappa shape index (κ3) is 8.82. The van der Waals surface area contributed by atoms with Crippen LogP contribution in [-0.4, -0.2) is 45.9 Å². The Morgan fingerprint density at radius 3 is 2.28 bits per heavy atom. The van der Waals surface area contributed by atoms with Gasteiger partial charge in [-0.05, 0) is 59.7 Å². The number of carbonyl (C=O) groups is 2. The van der Waals surface area contributed by atoms with Crippen LogP contribution in [0.1, 0.15) is 11.1 Å². The fourth-order valence-corrected chi connectivity index (χ4v) is 4.12. The SMILES string of the molecule is CS(=O)(=O)N(CC(=O)N/N=C\c1ccc(OCC(=O)NCc2ccccc2)cc1)c1ccc(Br)cc1. The zero-order valence-electron chi connectivity index (χ0n) is 19.4. The average Bonchev–Trinajstić information content (AvgIpc) is 2.86. The normalized spacial score (nSPS) is 11.2. The number of hydrogen-bond acceptors (Lipinski definition) is 6. The van der Waals surface area contributed by atoms with Gasteiger partial charge in [0, 0.05) is 11.0 Å². The molecule has 0 saturated carbocycles. The van der Waals surface area contributed by atoms with E-state index in [2.05, 4.69) is 31.8 Å². The lowest BCUT2D eigenvalue weighted by Gasteiger charge is -2.21. The molecular formula is C25H25BrN4O5S. The molecular weight excluding hydrogens is 548 g/mol. The van der Waals surface area contributed by atoms with Crippen LogP contribution in [0.15, 0.2) is 88.4 Å². The Hall–Kier alpha value is -3.70. The van der Waals surface area contributed by atoms with Gasteiger partial charge >= 0.3 is 0 Å². The molecule has 3 rings (SSSR count). The molecule has 36 heavy (non-hydrogen) atoms. The van der Waals surface area contributed by atoms with Gasteiger partial charge in [-0.25, -0.2) is 13.8 Å². The van der Waals surface area contributed by atoms with Crippen LogP contribution >= 0.6 is 15.9 Å². The predicted molar refractivity (Wildman–Crippen MR) is 142 cm³/mol. The van der Waals surface area contributed by atoms with Crippen LogP contribution in [-0.2, 0) is 26.2 Å². The molecule has 0 bridgehead atoms. The summed E-state index contributed by atoms with van der Waals surface area (Å²) in [6.07, 6.45) is 2.45. The number of amides is 2. The molecule has 0 radical (unpaired) electrons. The van der Waals surface area contributed by atoms with Crippen molar-refractivity contribution >= 4 is 49.7 Å². The molecule has 0 spiro atoms. The number of hydrogen-bond donors (Lipinski definition) is 2. The number of benzene rings is 3. The minimum Gasteiger partial charge on any atom is -0.484 e. The first kappa shape index (κ1) is 26.9. The Bertz CT molecular complexity index is 1300. The summed E-state index contributed by atoms with van der Waals surface area (Å²) in [6.45, 7) is -0.113. The highest BCUT2D eigenvalue weighted by Crippen LogP contribution is 2.20. The molecule has 0 saturated heterocycles. The molecule has 0 aliphatic carbocycles. The van der Waals surface area contributed by atoms with Crippen molar-refractivity contribution in [2.24, 2.45) is 5.10 Å². The van der Waals surface area contributed by atoms with E-state index in [9.17, 15) is 18.0 Å². The summed E-state index contributed by atoms with van der Waals surface area (Å²) >= 11 is 3.29. The number of ether oxygens (including phenoxy) is 1. The van der Waals surface area contributed by atoms with E-state index in [0.717, 1.165) is 20.6 Å². The molecule has 3 aromatic carbocycles. The van der Waals surface area contributed by atoms with E-state index < -0.39 is 22.5 Å². The standard InChI is InChI=1S/C25H25BrN4O5S/c1-36(33,34)30(22-11-9-21(26)10-12-22)17-24(31)29-28-16-20-7-13-23(14-8-20)35-18-25(32)27-15-19-5-3-2-4-6-19/h2-14,16H,15,17-18H2,1H3,(H,27,32)(H,29,31)/b28-16-. The van der Waals surface area contributed by atoms with Gasteiger partial charge in [0.15, 0.2) is 6.61 Å². The lowest BCUT2D eigenvalue weighted by molar-refractivity contribution is -0.123. The number of sulfonamides is 1. The Balaban J connectivity index is 1.46. The van der Waals surface area contributed by atoms with Crippen molar-refractivity contribution in [1.82, 2.24) is 10.7 Å². The van der Waals surface area contributed by atoms with Crippen molar-refractivity contribution in [2.75, 3.05) is 23.7 Å². The zero-order chi connectivity index (χ0) is 26.0. The van der Waals surface area contributed by atoms with Gasteiger partial charge in [-0.2, -0.15) is 5.10 Å². The second-order valence-corrected chi connectivity index (χ2v) is 10.5. The summed E-state index contributed by atoms with van der Waals surface area (Å²) in [5.41, 5.74) is 4.36. The number of nitrogens with zero attached hydrogens (tertiary/aromatic N) is 2. The number of rotatable bonds is 11. The van der Waals surface area contributed by atoms with Crippen LogP contribution in [0.4, 0.5) is 5.69 Å². The molecule has 3 aromatic rings. The summed E-state index contributed by atoms with van der Waals surface area (Å²) < 4.78 is 31.5. The summed E-state index contributed by atoms with van der Waals surface area (Å²) in [4.78, 5) is 24.2. The van der Waals surface area contributed by atoms with Crippen molar-refractivity contribution in [1.29, 1.82) is 0 Å². The Kier molecular flexibility index (Phi) is 9.60. The largest absolute Gasteiger partial charge is 0.484 e. The monoisotopic (exact) mass is 572 g/mol. The lowest BCUT2D eigenvalue weighted by Crippen LogP contribution is -2.38. The fraction of sp³-hybridized carbons (Fsp3) is 0.160. The van der Waals surface area contributed by atoms with Crippen LogP contribution in [0.2, 0.25) is 0 Å². The molecule has 2 amide bonds. The first-order chi connectivity index (χ1) is 17.2. The zero-order valence-corrected chi connectivity index (χ0v) is 21.8.